The first-order valence-electron chi connectivity index (χ1n) is 8.07. The van der Waals surface area contributed by atoms with Crippen LogP contribution in [0.2, 0.25) is 0 Å². The number of alkyl halides is 3. The van der Waals surface area contributed by atoms with Crippen LogP contribution in [0.15, 0.2) is 48.5 Å². The van der Waals surface area contributed by atoms with Crippen molar-refractivity contribution in [3.05, 3.63) is 54.1 Å². The molecule has 0 aromatic heterocycles. The highest BCUT2D eigenvalue weighted by molar-refractivity contribution is 7.92. The van der Waals surface area contributed by atoms with Crippen molar-refractivity contribution in [2.45, 2.75) is 19.2 Å². The van der Waals surface area contributed by atoms with Crippen LogP contribution >= 0.6 is 0 Å². The van der Waals surface area contributed by atoms with Crippen LogP contribution in [-0.2, 0) is 21.0 Å². The molecule has 2 rings (SSSR count). The molecule has 0 bridgehead atoms. The van der Waals surface area contributed by atoms with Gasteiger partial charge in [0.25, 0.3) is 5.91 Å². The number of hydrogen-bond donors (Lipinski definition) is 1. The van der Waals surface area contributed by atoms with Gasteiger partial charge >= 0.3 is 6.18 Å². The molecule has 0 unspecified atom stereocenters. The minimum absolute atomic E-state index is 0.261. The number of para-hydroxylation sites is 1. The Labute approximate surface area is 161 Å². The average Bonchev–Trinajstić information content (AvgIpc) is 2.60. The first-order chi connectivity index (χ1) is 12.9. The minimum atomic E-state index is -4.60. The van der Waals surface area contributed by atoms with E-state index in [4.69, 9.17) is 4.74 Å². The van der Waals surface area contributed by atoms with E-state index in [1.54, 1.807) is 0 Å². The van der Waals surface area contributed by atoms with E-state index in [1.807, 2.05) is 0 Å². The molecule has 0 fully saturated rings. The highest BCUT2D eigenvalue weighted by Crippen LogP contribution is 2.34. The monoisotopic (exact) mass is 416 g/mol. The van der Waals surface area contributed by atoms with Gasteiger partial charge in [-0.2, -0.15) is 13.2 Å². The van der Waals surface area contributed by atoms with Crippen molar-refractivity contribution in [2.75, 3.05) is 22.9 Å². The van der Waals surface area contributed by atoms with Gasteiger partial charge in [-0.1, -0.05) is 12.1 Å². The van der Waals surface area contributed by atoms with E-state index < -0.39 is 33.8 Å². The van der Waals surface area contributed by atoms with Gasteiger partial charge in [-0.3, -0.25) is 9.10 Å². The molecule has 0 spiro atoms. The molecule has 6 nitrogen and oxygen atoms in total. The Bertz CT molecular complexity index is 944. The van der Waals surface area contributed by atoms with E-state index in [-0.39, 0.29) is 11.4 Å². The fourth-order valence-corrected chi connectivity index (χ4v) is 2.76. The molecule has 10 heteroatoms. The molecule has 152 valence electrons. The summed E-state index contributed by atoms with van der Waals surface area (Å²) in [4.78, 5) is 12.2. The van der Waals surface area contributed by atoms with Crippen LogP contribution in [0.1, 0.15) is 12.5 Å². The highest BCUT2D eigenvalue weighted by Gasteiger charge is 2.34. The zero-order valence-electron chi connectivity index (χ0n) is 15.3. The number of carbonyl (C=O) groups excluding carboxylic acids is 1. The molecule has 0 saturated carbocycles. The van der Waals surface area contributed by atoms with Gasteiger partial charge in [0.15, 0.2) is 6.10 Å². The predicted octanol–water partition coefficient (Wildman–Crippen LogP) is 3.51. The number of amides is 1. The molecule has 0 aliphatic heterocycles. The maximum atomic E-state index is 13.0. The molecule has 0 radical (unpaired) electrons. The second kappa shape index (κ2) is 8.09. The van der Waals surface area contributed by atoms with Gasteiger partial charge in [0.05, 0.1) is 23.2 Å². The summed E-state index contributed by atoms with van der Waals surface area (Å²) in [6.45, 7) is 1.39. The third kappa shape index (κ3) is 5.38. The van der Waals surface area contributed by atoms with Gasteiger partial charge in [-0.25, -0.2) is 8.42 Å². The Morgan fingerprint density at radius 2 is 1.68 bits per heavy atom. The van der Waals surface area contributed by atoms with Crippen LogP contribution in [0, 0.1) is 0 Å². The number of nitrogens with zero attached hydrogens (tertiary/aromatic N) is 1. The fourth-order valence-electron chi connectivity index (χ4n) is 2.26. The Morgan fingerprint density at radius 3 is 2.21 bits per heavy atom. The zero-order valence-corrected chi connectivity index (χ0v) is 16.1. The molecule has 1 atom stereocenters. The molecule has 28 heavy (non-hydrogen) atoms. The standard InChI is InChI=1S/C18H19F3N2O4S/c1-12(17(24)22-16-7-5-4-6-15(16)18(19,20)21)27-14-10-8-13(9-11-14)23(2)28(3,25)26/h4-12H,1-3H3,(H,22,24)/t12-/m1/s1. The molecule has 0 saturated heterocycles. The van der Waals surface area contributed by atoms with Gasteiger partial charge in [0.1, 0.15) is 5.75 Å². The molecule has 2 aromatic rings. The lowest BCUT2D eigenvalue weighted by molar-refractivity contribution is -0.137. The third-order valence-electron chi connectivity index (χ3n) is 3.87. The van der Waals surface area contributed by atoms with Crippen molar-refractivity contribution in [2.24, 2.45) is 0 Å². The number of halogens is 3. The van der Waals surface area contributed by atoms with Crippen LogP contribution < -0.4 is 14.4 Å². The SMILES string of the molecule is C[C@@H](Oc1ccc(N(C)S(C)(=O)=O)cc1)C(=O)Nc1ccccc1C(F)(F)F. The van der Waals surface area contributed by atoms with Crippen LogP contribution in [0.4, 0.5) is 24.5 Å². The van der Waals surface area contributed by atoms with E-state index in [0.717, 1.165) is 22.7 Å². The van der Waals surface area contributed by atoms with Crippen molar-refractivity contribution >= 4 is 27.3 Å². The number of anilines is 2. The Kier molecular flexibility index (Phi) is 6.23. The van der Waals surface area contributed by atoms with Gasteiger partial charge in [0.2, 0.25) is 10.0 Å². The normalized spacial score (nSPS) is 12.9. The van der Waals surface area contributed by atoms with E-state index in [9.17, 15) is 26.4 Å². The summed E-state index contributed by atoms with van der Waals surface area (Å²) >= 11 is 0. The summed E-state index contributed by atoms with van der Waals surface area (Å²) in [6.07, 6.45) is -4.63. The summed E-state index contributed by atoms with van der Waals surface area (Å²) < 4.78 is 68.6. The van der Waals surface area contributed by atoms with Gasteiger partial charge in [-0.05, 0) is 43.3 Å². The van der Waals surface area contributed by atoms with Crippen molar-refractivity contribution in [3.8, 4) is 5.75 Å². The summed E-state index contributed by atoms with van der Waals surface area (Å²) in [5.74, 6) is -0.494. The topological polar surface area (TPSA) is 75.7 Å². The quantitative estimate of drug-likeness (QED) is 0.782. The van der Waals surface area contributed by atoms with Crippen LogP contribution in [0.25, 0.3) is 0 Å². The lowest BCUT2D eigenvalue weighted by Gasteiger charge is -2.19. The average molecular weight is 416 g/mol. The summed E-state index contributed by atoms with van der Waals surface area (Å²) in [6, 6.07) is 10.5. The number of carbonyl (C=O) groups is 1. The Hall–Kier alpha value is -2.75. The van der Waals surface area contributed by atoms with E-state index in [1.165, 1.54) is 50.4 Å². The molecular weight excluding hydrogens is 397 g/mol. The number of benzene rings is 2. The summed E-state index contributed by atoms with van der Waals surface area (Å²) in [5, 5.41) is 2.22. The van der Waals surface area contributed by atoms with Crippen LogP contribution in [-0.4, -0.2) is 33.7 Å². The second-order valence-corrected chi connectivity index (χ2v) is 8.03. The Morgan fingerprint density at radius 1 is 1.11 bits per heavy atom. The maximum Gasteiger partial charge on any atom is 0.418 e. The minimum Gasteiger partial charge on any atom is -0.481 e. The Balaban J connectivity index is 2.08. The van der Waals surface area contributed by atoms with Crippen LogP contribution in [0.3, 0.4) is 0 Å². The molecule has 2 aromatic carbocycles. The van der Waals surface area contributed by atoms with E-state index >= 15 is 0 Å². The summed E-state index contributed by atoms with van der Waals surface area (Å²) in [7, 11) is -2.03. The molecule has 1 amide bonds. The van der Waals surface area contributed by atoms with E-state index in [0.29, 0.717) is 5.69 Å². The fraction of sp³-hybridized carbons (Fsp3) is 0.278. The number of nitrogens with one attached hydrogen (secondary N) is 1. The van der Waals surface area contributed by atoms with Gasteiger partial charge < -0.3 is 10.1 Å². The van der Waals surface area contributed by atoms with Crippen molar-refractivity contribution in [3.63, 3.8) is 0 Å². The van der Waals surface area contributed by atoms with Crippen molar-refractivity contribution in [1.82, 2.24) is 0 Å². The number of ether oxygens (including phenoxy) is 1. The molecule has 0 aliphatic carbocycles. The number of sulfonamides is 1. The first-order valence-corrected chi connectivity index (χ1v) is 9.92. The number of hydrogen-bond acceptors (Lipinski definition) is 4. The largest absolute Gasteiger partial charge is 0.481 e. The smallest absolute Gasteiger partial charge is 0.418 e. The molecular formula is C18H19F3N2O4S. The van der Waals surface area contributed by atoms with E-state index in [2.05, 4.69) is 5.32 Å². The molecule has 0 heterocycles. The maximum absolute atomic E-state index is 13.0. The molecule has 1 N–H and O–H groups in total. The zero-order chi connectivity index (χ0) is 21.1. The third-order valence-corrected chi connectivity index (χ3v) is 5.08. The summed E-state index contributed by atoms with van der Waals surface area (Å²) in [5.41, 5.74) is -0.921. The second-order valence-electron chi connectivity index (χ2n) is 6.02. The lowest BCUT2D eigenvalue weighted by Crippen LogP contribution is -2.31. The predicted molar refractivity (Wildman–Crippen MR) is 99.9 cm³/mol. The first kappa shape index (κ1) is 21.5. The van der Waals surface area contributed by atoms with Gasteiger partial charge in [-0.15, -0.1) is 0 Å². The molecule has 0 aliphatic rings. The highest BCUT2D eigenvalue weighted by atomic mass is 32.2. The van der Waals surface area contributed by atoms with Crippen LogP contribution in [0.5, 0.6) is 5.75 Å². The van der Waals surface area contributed by atoms with Crippen molar-refractivity contribution in [1.29, 1.82) is 0 Å². The van der Waals surface area contributed by atoms with Crippen molar-refractivity contribution < 1.29 is 31.1 Å². The van der Waals surface area contributed by atoms with Gasteiger partial charge in [0, 0.05) is 7.05 Å². The number of rotatable bonds is 6. The lowest BCUT2D eigenvalue weighted by atomic mass is 10.1.